The second kappa shape index (κ2) is 6.09. The third-order valence-corrected chi connectivity index (χ3v) is 3.57. The lowest BCUT2D eigenvalue weighted by atomic mass is 10.2. The molecule has 0 spiro atoms. The van der Waals surface area contributed by atoms with Crippen LogP contribution in [0.2, 0.25) is 0 Å². The Bertz CT molecular complexity index is 556. The predicted molar refractivity (Wildman–Crippen MR) is 71.0 cm³/mol. The molecule has 106 valence electrons. The van der Waals surface area contributed by atoms with Crippen molar-refractivity contribution in [1.82, 2.24) is 9.55 Å². The fourth-order valence-corrected chi connectivity index (χ4v) is 2.53. The number of aromatic nitrogens is 2. The molecule has 8 heteroatoms. The molecule has 2 N–H and O–H groups in total. The van der Waals surface area contributed by atoms with Gasteiger partial charge in [0.1, 0.15) is 6.23 Å². The van der Waals surface area contributed by atoms with E-state index in [1.54, 1.807) is 0 Å². The third-order valence-electron chi connectivity index (χ3n) is 3.07. The summed E-state index contributed by atoms with van der Waals surface area (Å²) in [5, 5.41) is 9.72. The molecule has 1 aromatic heterocycles. The quantitative estimate of drug-likeness (QED) is 0.779. The van der Waals surface area contributed by atoms with E-state index in [1.165, 1.54) is 10.8 Å². The largest absolute Gasteiger partial charge is 0.390 e. The van der Waals surface area contributed by atoms with Crippen LogP contribution in [-0.4, -0.2) is 38.6 Å². The minimum absolute atomic E-state index is 0.143. The van der Waals surface area contributed by atoms with Crippen molar-refractivity contribution in [1.29, 1.82) is 0 Å². The summed E-state index contributed by atoms with van der Waals surface area (Å²) in [7, 11) is 0. The van der Waals surface area contributed by atoms with Gasteiger partial charge in [-0.3, -0.25) is 14.3 Å². The lowest BCUT2D eigenvalue weighted by Gasteiger charge is -2.15. The lowest BCUT2D eigenvalue weighted by molar-refractivity contribution is -0.00836. The number of hydrogen-bond acceptors (Lipinski definition) is 4. The highest BCUT2D eigenvalue weighted by Gasteiger charge is 2.34. The zero-order valence-corrected chi connectivity index (χ0v) is 11.5. The van der Waals surface area contributed by atoms with E-state index in [0.717, 1.165) is 0 Å². The molecule has 0 unspecified atom stereocenters. The molecule has 0 radical (unpaired) electrons. The Morgan fingerprint density at radius 1 is 1.47 bits per heavy atom. The van der Waals surface area contributed by atoms with Crippen LogP contribution in [0.5, 0.6) is 0 Å². The van der Waals surface area contributed by atoms with Crippen LogP contribution in [0, 0.1) is 0 Å². The van der Waals surface area contributed by atoms with E-state index in [0.29, 0.717) is 12.0 Å². The molecule has 2 heterocycles. The van der Waals surface area contributed by atoms with Crippen molar-refractivity contribution in [2.45, 2.75) is 31.3 Å². The Kier molecular flexibility index (Phi) is 4.67. The number of hydrogen-bond donors (Lipinski definition) is 2. The SMILES string of the molecule is O=c1[nH]c(=O)n([C@H]2C[C@H](O)[C@@H](CCl)O2)cc1CCCl. The maximum absolute atomic E-state index is 11.8. The number of aromatic amines is 1. The maximum Gasteiger partial charge on any atom is 0.330 e. The number of aliphatic hydroxyl groups excluding tert-OH is 1. The summed E-state index contributed by atoms with van der Waals surface area (Å²) in [4.78, 5) is 25.5. The molecule has 1 saturated heterocycles. The van der Waals surface area contributed by atoms with E-state index in [9.17, 15) is 14.7 Å². The summed E-state index contributed by atoms with van der Waals surface area (Å²) in [5.41, 5.74) is -0.618. The number of alkyl halides is 2. The summed E-state index contributed by atoms with van der Waals surface area (Å²) in [6.07, 6.45) is 0.170. The minimum atomic E-state index is -0.724. The molecule has 1 aliphatic heterocycles. The Hall–Kier alpha value is -0.820. The third kappa shape index (κ3) is 3.02. The van der Waals surface area contributed by atoms with Gasteiger partial charge in [0.05, 0.1) is 18.1 Å². The number of H-pyrrole nitrogens is 1. The average Bonchev–Trinajstić information content (AvgIpc) is 2.74. The van der Waals surface area contributed by atoms with Gasteiger partial charge in [-0.2, -0.15) is 0 Å². The lowest BCUT2D eigenvalue weighted by Crippen LogP contribution is -2.34. The van der Waals surface area contributed by atoms with Crippen molar-refractivity contribution in [3.63, 3.8) is 0 Å². The molecule has 0 bridgehead atoms. The monoisotopic (exact) mass is 308 g/mol. The van der Waals surface area contributed by atoms with Crippen LogP contribution >= 0.6 is 23.2 Å². The first-order valence-corrected chi connectivity index (χ1v) is 6.93. The molecule has 0 aliphatic carbocycles. The maximum atomic E-state index is 11.8. The molecule has 0 saturated carbocycles. The number of nitrogens with zero attached hydrogens (tertiary/aromatic N) is 1. The Morgan fingerprint density at radius 3 is 2.79 bits per heavy atom. The van der Waals surface area contributed by atoms with E-state index < -0.39 is 29.7 Å². The summed E-state index contributed by atoms with van der Waals surface area (Å²) in [6.45, 7) is 0. The molecule has 19 heavy (non-hydrogen) atoms. The average molecular weight is 309 g/mol. The molecule has 1 aromatic rings. The molecular formula is C11H14Cl2N2O4. The molecule has 1 fully saturated rings. The summed E-state index contributed by atoms with van der Waals surface area (Å²) < 4.78 is 6.75. The minimum Gasteiger partial charge on any atom is -0.390 e. The van der Waals surface area contributed by atoms with Crippen LogP contribution in [0.1, 0.15) is 18.2 Å². The van der Waals surface area contributed by atoms with Crippen molar-refractivity contribution >= 4 is 23.2 Å². The van der Waals surface area contributed by atoms with Gasteiger partial charge in [0, 0.05) is 24.1 Å². The van der Waals surface area contributed by atoms with Gasteiger partial charge < -0.3 is 9.84 Å². The Morgan fingerprint density at radius 2 is 2.21 bits per heavy atom. The van der Waals surface area contributed by atoms with Crippen LogP contribution in [0.4, 0.5) is 0 Å². The van der Waals surface area contributed by atoms with E-state index >= 15 is 0 Å². The van der Waals surface area contributed by atoms with Gasteiger partial charge in [0.2, 0.25) is 0 Å². The van der Waals surface area contributed by atoms with Gasteiger partial charge in [-0.05, 0) is 6.42 Å². The highest BCUT2D eigenvalue weighted by Crippen LogP contribution is 2.28. The highest BCUT2D eigenvalue weighted by molar-refractivity contribution is 6.18. The van der Waals surface area contributed by atoms with Crippen molar-refractivity contribution in [3.05, 3.63) is 32.6 Å². The Balaban J connectivity index is 2.33. The summed E-state index contributed by atoms with van der Waals surface area (Å²) in [6, 6.07) is 0. The van der Waals surface area contributed by atoms with Gasteiger partial charge in [-0.1, -0.05) is 0 Å². The van der Waals surface area contributed by atoms with Crippen molar-refractivity contribution in [2.75, 3.05) is 11.8 Å². The van der Waals surface area contributed by atoms with E-state index in [1.807, 2.05) is 0 Å². The van der Waals surface area contributed by atoms with E-state index in [2.05, 4.69) is 4.98 Å². The van der Waals surface area contributed by atoms with Gasteiger partial charge in [0.25, 0.3) is 5.56 Å². The second-order valence-corrected chi connectivity index (χ2v) is 5.03. The molecular weight excluding hydrogens is 295 g/mol. The first-order chi connectivity index (χ1) is 9.06. The zero-order valence-electron chi connectivity index (χ0n) is 10.0. The van der Waals surface area contributed by atoms with Crippen molar-refractivity contribution in [2.24, 2.45) is 0 Å². The normalized spacial score (nSPS) is 26.8. The van der Waals surface area contributed by atoms with Gasteiger partial charge in [-0.25, -0.2) is 4.79 Å². The molecule has 1 aliphatic rings. The number of halogens is 2. The molecule has 6 nitrogen and oxygen atoms in total. The number of nitrogens with one attached hydrogen (secondary N) is 1. The van der Waals surface area contributed by atoms with Crippen molar-refractivity contribution in [3.8, 4) is 0 Å². The van der Waals surface area contributed by atoms with Crippen LogP contribution in [-0.2, 0) is 11.2 Å². The standard InChI is InChI=1S/C11H14Cl2N2O4/c12-2-1-6-5-15(11(18)14-10(6)17)9-3-7(16)8(4-13)19-9/h5,7-9,16H,1-4H2,(H,14,17,18)/t7-,8+,9+/m0/s1. The van der Waals surface area contributed by atoms with Gasteiger partial charge in [0.15, 0.2) is 0 Å². The van der Waals surface area contributed by atoms with Gasteiger partial charge >= 0.3 is 5.69 Å². The predicted octanol–water partition coefficient (Wildman–Crippen LogP) is 0.205. The fraction of sp³-hybridized carbons (Fsp3) is 0.636. The smallest absolute Gasteiger partial charge is 0.330 e. The number of rotatable bonds is 4. The summed E-state index contributed by atoms with van der Waals surface area (Å²) in [5.74, 6) is 0.421. The summed E-state index contributed by atoms with van der Waals surface area (Å²) >= 11 is 11.3. The molecule has 0 amide bonds. The van der Waals surface area contributed by atoms with Crippen LogP contribution in [0.25, 0.3) is 0 Å². The van der Waals surface area contributed by atoms with Crippen LogP contribution < -0.4 is 11.2 Å². The van der Waals surface area contributed by atoms with Crippen LogP contribution in [0.15, 0.2) is 15.8 Å². The highest BCUT2D eigenvalue weighted by atomic mass is 35.5. The number of ether oxygens (including phenoxy) is 1. The number of aryl methyl sites for hydroxylation is 1. The molecule has 3 atom stereocenters. The van der Waals surface area contributed by atoms with Gasteiger partial charge in [-0.15, -0.1) is 23.2 Å². The van der Waals surface area contributed by atoms with Crippen molar-refractivity contribution < 1.29 is 9.84 Å². The topological polar surface area (TPSA) is 84.3 Å². The molecule has 2 rings (SSSR count). The zero-order chi connectivity index (χ0) is 14.0. The number of aliphatic hydroxyl groups is 1. The van der Waals surface area contributed by atoms with Crippen LogP contribution in [0.3, 0.4) is 0 Å². The van der Waals surface area contributed by atoms with E-state index in [4.69, 9.17) is 27.9 Å². The first kappa shape index (κ1) is 14.6. The van der Waals surface area contributed by atoms with E-state index in [-0.39, 0.29) is 18.2 Å². The molecule has 0 aromatic carbocycles. The second-order valence-electron chi connectivity index (χ2n) is 4.35. The first-order valence-electron chi connectivity index (χ1n) is 5.86. The Labute approximate surface area is 118 Å². The fourth-order valence-electron chi connectivity index (χ4n) is 2.05.